The molecule has 116 valence electrons. The van der Waals surface area contributed by atoms with Gasteiger partial charge in [0.25, 0.3) is 5.91 Å². The van der Waals surface area contributed by atoms with Crippen molar-refractivity contribution in [3.05, 3.63) is 29.8 Å². The van der Waals surface area contributed by atoms with Crippen LogP contribution in [-0.4, -0.2) is 26.1 Å². The zero-order chi connectivity index (χ0) is 15.5. The summed E-state index contributed by atoms with van der Waals surface area (Å²) in [4.78, 5) is 12.5. The number of rotatable bonds is 4. The second kappa shape index (κ2) is 6.60. The SMILES string of the molecule is CCS(=O)(=O)c1ccc(C(=O)N[C@H]2CCC[C@H](C)C2)cc1. The minimum absolute atomic E-state index is 0.0680. The smallest absolute Gasteiger partial charge is 0.251 e. The normalized spacial score (nSPS) is 22.8. The van der Waals surface area contributed by atoms with Crippen LogP contribution in [0.2, 0.25) is 0 Å². The van der Waals surface area contributed by atoms with E-state index in [1.54, 1.807) is 19.1 Å². The Morgan fingerprint density at radius 3 is 2.48 bits per heavy atom. The van der Waals surface area contributed by atoms with Crippen LogP contribution in [0.15, 0.2) is 29.2 Å². The summed E-state index contributed by atoms with van der Waals surface area (Å²) in [6, 6.07) is 6.43. The van der Waals surface area contributed by atoms with Crippen molar-refractivity contribution in [2.24, 2.45) is 5.92 Å². The maximum absolute atomic E-state index is 12.2. The second-order valence-electron chi connectivity index (χ2n) is 5.87. The first-order chi connectivity index (χ1) is 9.92. The van der Waals surface area contributed by atoms with Gasteiger partial charge in [-0.3, -0.25) is 4.79 Å². The Morgan fingerprint density at radius 2 is 1.90 bits per heavy atom. The van der Waals surface area contributed by atoms with Gasteiger partial charge in [0.1, 0.15) is 0 Å². The van der Waals surface area contributed by atoms with Crippen molar-refractivity contribution in [2.75, 3.05) is 5.75 Å². The minimum Gasteiger partial charge on any atom is -0.349 e. The number of carbonyl (C=O) groups is 1. The van der Waals surface area contributed by atoms with Crippen LogP contribution in [0.1, 0.15) is 49.9 Å². The third kappa shape index (κ3) is 4.06. The first kappa shape index (κ1) is 16.0. The van der Waals surface area contributed by atoms with Gasteiger partial charge >= 0.3 is 0 Å². The quantitative estimate of drug-likeness (QED) is 0.930. The number of nitrogens with one attached hydrogen (secondary N) is 1. The number of benzene rings is 1. The zero-order valence-electron chi connectivity index (χ0n) is 12.6. The maximum atomic E-state index is 12.2. The zero-order valence-corrected chi connectivity index (χ0v) is 13.4. The van der Waals surface area contributed by atoms with Gasteiger partial charge in [0.05, 0.1) is 10.6 Å². The van der Waals surface area contributed by atoms with Crippen molar-refractivity contribution < 1.29 is 13.2 Å². The van der Waals surface area contributed by atoms with Crippen molar-refractivity contribution in [1.29, 1.82) is 0 Å². The molecule has 1 aliphatic rings. The first-order valence-corrected chi connectivity index (χ1v) is 9.21. The molecule has 0 radical (unpaired) electrons. The molecule has 1 amide bonds. The predicted octanol–water partition coefficient (Wildman–Crippen LogP) is 2.79. The number of amides is 1. The molecule has 1 aromatic rings. The lowest BCUT2D eigenvalue weighted by molar-refractivity contribution is 0.0921. The van der Waals surface area contributed by atoms with Gasteiger partial charge in [-0.2, -0.15) is 0 Å². The van der Waals surface area contributed by atoms with Gasteiger partial charge in [-0.25, -0.2) is 8.42 Å². The van der Waals surface area contributed by atoms with Crippen LogP contribution >= 0.6 is 0 Å². The summed E-state index contributed by atoms with van der Waals surface area (Å²) >= 11 is 0. The van der Waals surface area contributed by atoms with Gasteiger partial charge in [-0.05, 0) is 43.0 Å². The summed E-state index contributed by atoms with van der Waals surface area (Å²) < 4.78 is 23.5. The van der Waals surface area contributed by atoms with E-state index in [1.165, 1.54) is 18.6 Å². The lowest BCUT2D eigenvalue weighted by atomic mass is 9.87. The Hall–Kier alpha value is -1.36. The Bertz CT molecular complexity index is 592. The number of carbonyl (C=O) groups excluding carboxylic acids is 1. The van der Waals surface area contributed by atoms with E-state index in [-0.39, 0.29) is 22.6 Å². The molecule has 4 nitrogen and oxygen atoms in total. The lowest BCUT2D eigenvalue weighted by Gasteiger charge is -2.27. The van der Waals surface area contributed by atoms with E-state index in [0.29, 0.717) is 11.5 Å². The summed E-state index contributed by atoms with van der Waals surface area (Å²) in [5.41, 5.74) is 0.517. The van der Waals surface area contributed by atoms with Gasteiger partial charge in [-0.1, -0.05) is 26.7 Å². The molecule has 0 bridgehead atoms. The number of hydrogen-bond donors (Lipinski definition) is 1. The minimum atomic E-state index is -3.21. The van der Waals surface area contributed by atoms with E-state index < -0.39 is 9.84 Å². The van der Waals surface area contributed by atoms with Crippen LogP contribution in [0.25, 0.3) is 0 Å². The van der Waals surface area contributed by atoms with E-state index >= 15 is 0 Å². The second-order valence-corrected chi connectivity index (χ2v) is 8.15. The fourth-order valence-electron chi connectivity index (χ4n) is 2.81. The third-order valence-corrected chi connectivity index (χ3v) is 5.88. The van der Waals surface area contributed by atoms with Crippen LogP contribution in [0, 0.1) is 5.92 Å². The fraction of sp³-hybridized carbons (Fsp3) is 0.562. The van der Waals surface area contributed by atoms with Crippen LogP contribution in [-0.2, 0) is 9.84 Å². The Kier molecular flexibility index (Phi) is 5.04. The number of hydrogen-bond acceptors (Lipinski definition) is 3. The molecule has 1 fully saturated rings. The van der Waals surface area contributed by atoms with Crippen LogP contribution in [0.4, 0.5) is 0 Å². The molecule has 1 saturated carbocycles. The molecule has 0 heterocycles. The summed E-state index contributed by atoms with van der Waals surface area (Å²) in [5, 5.41) is 3.05. The molecule has 0 spiro atoms. The Morgan fingerprint density at radius 1 is 1.24 bits per heavy atom. The van der Waals surface area contributed by atoms with E-state index in [1.807, 2.05) is 0 Å². The van der Waals surface area contributed by atoms with Gasteiger partial charge in [0.2, 0.25) is 0 Å². The predicted molar refractivity (Wildman–Crippen MR) is 83.1 cm³/mol. The Labute approximate surface area is 126 Å². The fourth-order valence-corrected chi connectivity index (χ4v) is 3.70. The summed E-state index contributed by atoms with van der Waals surface area (Å²) in [6.07, 6.45) is 4.43. The molecular formula is C16H23NO3S. The molecule has 1 aliphatic carbocycles. The van der Waals surface area contributed by atoms with Crippen LogP contribution in [0.5, 0.6) is 0 Å². The van der Waals surface area contributed by atoms with E-state index in [2.05, 4.69) is 12.2 Å². The molecule has 0 saturated heterocycles. The largest absolute Gasteiger partial charge is 0.349 e. The average molecular weight is 309 g/mol. The Balaban J connectivity index is 2.03. The van der Waals surface area contributed by atoms with Gasteiger partial charge < -0.3 is 5.32 Å². The molecule has 21 heavy (non-hydrogen) atoms. The van der Waals surface area contributed by atoms with Crippen LogP contribution in [0.3, 0.4) is 0 Å². The molecule has 0 aliphatic heterocycles. The molecule has 0 aromatic heterocycles. The number of sulfone groups is 1. The van der Waals surface area contributed by atoms with Gasteiger partial charge in [0.15, 0.2) is 9.84 Å². The van der Waals surface area contributed by atoms with Crippen molar-refractivity contribution in [2.45, 2.75) is 50.5 Å². The van der Waals surface area contributed by atoms with E-state index in [0.717, 1.165) is 19.3 Å². The summed E-state index contributed by atoms with van der Waals surface area (Å²) in [6.45, 7) is 3.82. The highest BCUT2D eigenvalue weighted by Gasteiger charge is 2.21. The van der Waals surface area contributed by atoms with Gasteiger partial charge in [-0.15, -0.1) is 0 Å². The first-order valence-electron chi connectivity index (χ1n) is 7.56. The average Bonchev–Trinajstić information content (AvgIpc) is 2.47. The van der Waals surface area contributed by atoms with Crippen molar-refractivity contribution in [1.82, 2.24) is 5.32 Å². The molecule has 5 heteroatoms. The van der Waals surface area contributed by atoms with E-state index in [9.17, 15) is 13.2 Å². The standard InChI is InChI=1S/C16H23NO3S/c1-3-21(19,20)15-9-7-13(8-10-15)16(18)17-14-6-4-5-12(2)11-14/h7-10,12,14H,3-6,11H2,1-2H3,(H,17,18)/t12-,14-/m0/s1. The molecule has 2 rings (SSSR count). The van der Waals surface area contributed by atoms with Crippen molar-refractivity contribution >= 4 is 15.7 Å². The highest BCUT2D eigenvalue weighted by molar-refractivity contribution is 7.91. The van der Waals surface area contributed by atoms with Crippen molar-refractivity contribution in [3.8, 4) is 0 Å². The molecule has 0 unspecified atom stereocenters. The summed E-state index contributed by atoms with van der Waals surface area (Å²) in [5.74, 6) is 0.606. The molecule has 1 N–H and O–H groups in total. The summed E-state index contributed by atoms with van der Waals surface area (Å²) in [7, 11) is -3.21. The van der Waals surface area contributed by atoms with Crippen LogP contribution < -0.4 is 5.32 Å². The lowest BCUT2D eigenvalue weighted by Crippen LogP contribution is -2.37. The molecular weight excluding hydrogens is 286 g/mol. The van der Waals surface area contributed by atoms with Gasteiger partial charge in [0, 0.05) is 11.6 Å². The third-order valence-electron chi connectivity index (χ3n) is 4.13. The van der Waals surface area contributed by atoms with Crippen molar-refractivity contribution in [3.63, 3.8) is 0 Å². The maximum Gasteiger partial charge on any atom is 0.251 e. The molecule has 2 atom stereocenters. The topological polar surface area (TPSA) is 63.2 Å². The highest BCUT2D eigenvalue weighted by atomic mass is 32.2. The highest BCUT2D eigenvalue weighted by Crippen LogP contribution is 2.23. The van der Waals surface area contributed by atoms with E-state index in [4.69, 9.17) is 0 Å². The monoisotopic (exact) mass is 309 g/mol. The molecule has 1 aromatic carbocycles.